The maximum absolute atomic E-state index is 8.45. The quantitative estimate of drug-likeness (QED) is 0.515. The lowest BCUT2D eigenvalue weighted by Crippen LogP contribution is -2.42. The number of diazo groups is 1. The van der Waals surface area contributed by atoms with Crippen LogP contribution in [0, 0.1) is 5.39 Å². The van der Waals surface area contributed by atoms with Gasteiger partial charge in [0.2, 0.25) is 5.39 Å². The van der Waals surface area contributed by atoms with Gasteiger partial charge in [0, 0.05) is 22.4 Å². The van der Waals surface area contributed by atoms with Crippen LogP contribution in [0.4, 0.5) is 0 Å². The Labute approximate surface area is 63.5 Å². The molecule has 0 amide bonds. The van der Waals surface area contributed by atoms with Gasteiger partial charge in [-0.05, 0) is 13.8 Å². The first-order valence-corrected chi connectivity index (χ1v) is 3.69. The molecule has 0 saturated carbocycles. The van der Waals surface area contributed by atoms with Crippen molar-refractivity contribution in [1.29, 1.82) is 5.39 Å². The third-order valence-corrected chi connectivity index (χ3v) is 2.46. The van der Waals surface area contributed by atoms with Gasteiger partial charge in [0.1, 0.15) is 0 Å². The Balaban J connectivity index is 2.78. The molecule has 1 aliphatic rings. The molecule has 0 fully saturated rings. The van der Waals surface area contributed by atoms with E-state index in [1.54, 1.807) is 0 Å². The molecule has 0 radical (unpaired) electrons. The highest BCUT2D eigenvalue weighted by Gasteiger charge is 2.45. The maximum Gasteiger partial charge on any atom is 0.506 e. The van der Waals surface area contributed by atoms with Crippen molar-refractivity contribution in [2.45, 2.75) is 19.0 Å². The van der Waals surface area contributed by atoms with Gasteiger partial charge in [-0.25, -0.2) is 5.73 Å². The highest BCUT2D eigenvalue weighted by atomic mass is 32.2. The molecule has 1 unspecified atom stereocenters. The third-order valence-electron chi connectivity index (χ3n) is 1.35. The van der Waals surface area contributed by atoms with E-state index in [1.807, 2.05) is 13.8 Å². The molecular weight excluding hydrogens is 148 g/mol. The van der Waals surface area contributed by atoms with Crippen LogP contribution in [0.5, 0.6) is 0 Å². The molecule has 54 valence electrons. The molecule has 10 heavy (non-hydrogen) atoms. The van der Waals surface area contributed by atoms with E-state index >= 15 is 0 Å². The Kier molecular flexibility index (Phi) is 1.58. The number of hydrogen-bond donors (Lipinski definition) is 2. The van der Waals surface area contributed by atoms with E-state index in [0.29, 0.717) is 0 Å². The Morgan fingerprint density at radius 1 is 1.70 bits per heavy atom. The summed E-state index contributed by atoms with van der Waals surface area (Å²) in [7, 11) is 0. The van der Waals surface area contributed by atoms with Gasteiger partial charge in [0.15, 0.2) is 4.98 Å². The molecule has 0 aromatic carbocycles. The standard InChI is InChI=1S/C5H9N4S/c1-3-4(2)10-5(6,8-3)9-7/h8H,6H2,1-2H3/q+1. The number of rotatable bonds is 0. The maximum atomic E-state index is 8.45. The smallest absolute Gasteiger partial charge is 0.287 e. The lowest BCUT2D eigenvalue weighted by Gasteiger charge is -2.00. The molecule has 3 N–H and O–H groups in total. The zero-order valence-corrected chi connectivity index (χ0v) is 6.70. The molecule has 0 spiro atoms. The van der Waals surface area contributed by atoms with Crippen molar-refractivity contribution < 1.29 is 0 Å². The number of thioether (sulfide) groups is 1. The summed E-state index contributed by atoms with van der Waals surface area (Å²) in [6.45, 7) is 3.81. The third kappa shape index (κ3) is 1.08. The van der Waals surface area contributed by atoms with E-state index in [9.17, 15) is 0 Å². The Hall–Kier alpha value is -0.730. The number of nitrogens with two attached hydrogens (primary N) is 1. The van der Waals surface area contributed by atoms with Gasteiger partial charge < -0.3 is 0 Å². The van der Waals surface area contributed by atoms with Crippen molar-refractivity contribution >= 4 is 11.8 Å². The summed E-state index contributed by atoms with van der Waals surface area (Å²) in [6.07, 6.45) is 0. The fourth-order valence-electron chi connectivity index (χ4n) is 0.738. The van der Waals surface area contributed by atoms with E-state index in [4.69, 9.17) is 11.1 Å². The first-order valence-electron chi connectivity index (χ1n) is 2.87. The molecular formula is C5H9N4S+. The fourth-order valence-corrected chi connectivity index (χ4v) is 1.65. The van der Waals surface area contributed by atoms with E-state index in [0.717, 1.165) is 10.6 Å². The molecule has 1 heterocycles. The lowest BCUT2D eigenvalue weighted by molar-refractivity contribution is 0.642. The number of hydrogen-bond acceptors (Lipinski definition) is 4. The van der Waals surface area contributed by atoms with E-state index in [-0.39, 0.29) is 0 Å². The van der Waals surface area contributed by atoms with Gasteiger partial charge >= 0.3 is 5.12 Å². The zero-order valence-electron chi connectivity index (χ0n) is 5.88. The monoisotopic (exact) mass is 157 g/mol. The minimum absolute atomic E-state index is 0.963. The van der Waals surface area contributed by atoms with Crippen LogP contribution >= 0.6 is 11.8 Å². The first-order chi connectivity index (χ1) is 4.57. The van der Waals surface area contributed by atoms with Crippen LogP contribution in [0.1, 0.15) is 13.8 Å². The average Bonchev–Trinajstić information content (AvgIpc) is 2.10. The van der Waals surface area contributed by atoms with Crippen LogP contribution in [0.25, 0.3) is 4.98 Å². The molecule has 1 rings (SSSR count). The number of nitrogens with one attached hydrogen (secondary N) is 1. The second-order valence-corrected chi connectivity index (χ2v) is 3.64. The predicted molar refractivity (Wildman–Crippen MR) is 41.1 cm³/mol. The summed E-state index contributed by atoms with van der Waals surface area (Å²) in [5.74, 6) is 0. The minimum Gasteiger partial charge on any atom is -0.287 e. The van der Waals surface area contributed by atoms with E-state index in [2.05, 4.69) is 10.3 Å². The number of nitrogens with zero attached hydrogens (tertiary/aromatic N) is 2. The Bertz CT molecular complexity index is 212. The minimum atomic E-state index is -1.05. The molecule has 4 nitrogen and oxygen atoms in total. The summed E-state index contributed by atoms with van der Waals surface area (Å²) in [5, 5.41) is 10.2. The van der Waals surface area contributed by atoms with Crippen LogP contribution in [0.2, 0.25) is 0 Å². The van der Waals surface area contributed by atoms with Gasteiger partial charge in [-0.3, -0.25) is 5.32 Å². The molecule has 5 heteroatoms. The van der Waals surface area contributed by atoms with Crippen LogP contribution in [-0.4, -0.2) is 5.12 Å². The van der Waals surface area contributed by atoms with Crippen molar-refractivity contribution in [1.82, 2.24) is 5.32 Å². The molecule has 1 atom stereocenters. The van der Waals surface area contributed by atoms with Crippen molar-refractivity contribution in [2.75, 3.05) is 0 Å². The molecule has 0 bridgehead atoms. The molecule has 0 aromatic heterocycles. The van der Waals surface area contributed by atoms with Crippen molar-refractivity contribution in [3.63, 3.8) is 0 Å². The average molecular weight is 157 g/mol. The highest BCUT2D eigenvalue weighted by molar-refractivity contribution is 8.04. The first kappa shape index (κ1) is 7.38. The Morgan fingerprint density at radius 3 is 2.50 bits per heavy atom. The molecule has 0 saturated heterocycles. The van der Waals surface area contributed by atoms with Crippen molar-refractivity contribution in [2.24, 2.45) is 5.73 Å². The van der Waals surface area contributed by atoms with Crippen LogP contribution in [0.15, 0.2) is 10.6 Å². The summed E-state index contributed by atoms with van der Waals surface area (Å²) in [6, 6.07) is 0. The van der Waals surface area contributed by atoms with E-state index in [1.165, 1.54) is 11.8 Å². The SMILES string of the molecule is CC1=C(C)SC(N)([N+]#N)N1. The zero-order chi connectivity index (χ0) is 7.78. The van der Waals surface area contributed by atoms with Gasteiger partial charge in [0.05, 0.1) is 0 Å². The summed E-state index contributed by atoms with van der Waals surface area (Å²) < 4.78 is 0. The van der Waals surface area contributed by atoms with Crippen LogP contribution < -0.4 is 11.1 Å². The summed E-state index contributed by atoms with van der Waals surface area (Å²) >= 11 is 1.31. The molecule has 0 aromatic rings. The van der Waals surface area contributed by atoms with Gasteiger partial charge in [0.25, 0.3) is 0 Å². The predicted octanol–water partition coefficient (Wildman–Crippen LogP) is 0.997. The lowest BCUT2D eigenvalue weighted by atomic mass is 10.4. The highest BCUT2D eigenvalue weighted by Crippen LogP contribution is 2.35. The Morgan fingerprint density at radius 2 is 2.30 bits per heavy atom. The number of allylic oxidation sites excluding steroid dienone is 2. The summed E-state index contributed by atoms with van der Waals surface area (Å²) in [4.78, 5) is 4.06. The van der Waals surface area contributed by atoms with Gasteiger partial charge in [-0.2, -0.15) is 0 Å². The second kappa shape index (κ2) is 2.15. The van der Waals surface area contributed by atoms with Gasteiger partial charge in [-0.15, -0.1) is 0 Å². The van der Waals surface area contributed by atoms with E-state index < -0.39 is 5.12 Å². The largest absolute Gasteiger partial charge is 0.506 e. The van der Waals surface area contributed by atoms with Crippen LogP contribution in [-0.2, 0) is 0 Å². The molecule has 0 aliphatic carbocycles. The van der Waals surface area contributed by atoms with Crippen molar-refractivity contribution in [3.8, 4) is 0 Å². The van der Waals surface area contributed by atoms with Crippen LogP contribution in [0.3, 0.4) is 0 Å². The fraction of sp³-hybridized carbons (Fsp3) is 0.600. The topological polar surface area (TPSA) is 66.2 Å². The summed E-state index contributed by atoms with van der Waals surface area (Å²) in [5.41, 5.74) is 6.50. The normalized spacial score (nSPS) is 31.8. The molecule has 1 aliphatic heterocycles. The van der Waals surface area contributed by atoms with Crippen molar-refractivity contribution in [3.05, 3.63) is 15.6 Å². The second-order valence-electron chi connectivity index (χ2n) is 2.20. The van der Waals surface area contributed by atoms with Gasteiger partial charge in [-0.1, -0.05) is 0 Å².